The number of aromatic nitrogens is 2. The van der Waals surface area contributed by atoms with Crippen LogP contribution in [-0.2, 0) is 4.79 Å². The Morgan fingerprint density at radius 1 is 0.966 bits per heavy atom. The molecule has 0 saturated carbocycles. The van der Waals surface area contributed by atoms with Crippen molar-refractivity contribution in [2.45, 2.75) is 18.9 Å². The molecule has 1 saturated heterocycles. The highest BCUT2D eigenvalue weighted by molar-refractivity contribution is 5.78. The van der Waals surface area contributed by atoms with Crippen LogP contribution in [0.1, 0.15) is 12.8 Å². The zero-order valence-corrected chi connectivity index (χ0v) is 16.1. The van der Waals surface area contributed by atoms with Crippen molar-refractivity contribution in [1.29, 1.82) is 0 Å². The van der Waals surface area contributed by atoms with E-state index in [0.717, 1.165) is 24.0 Å². The SMILES string of the molecule is O=C(COc1ccc(-c2ccccc2)cc1)N1CCCC(Oc2ncccn2)C1. The highest BCUT2D eigenvalue weighted by atomic mass is 16.5. The third-order valence-corrected chi connectivity index (χ3v) is 4.87. The first-order chi connectivity index (χ1) is 14.3. The van der Waals surface area contributed by atoms with Crippen molar-refractivity contribution >= 4 is 5.91 Å². The van der Waals surface area contributed by atoms with Crippen molar-refractivity contribution < 1.29 is 14.3 Å². The Morgan fingerprint density at radius 3 is 2.45 bits per heavy atom. The number of likely N-dealkylation sites (tertiary alicyclic amines) is 1. The van der Waals surface area contributed by atoms with E-state index in [0.29, 0.717) is 24.8 Å². The third kappa shape index (κ3) is 5.10. The van der Waals surface area contributed by atoms with E-state index in [2.05, 4.69) is 22.1 Å². The standard InChI is InChI=1S/C23H23N3O3/c27-22(26-15-4-8-21(16-26)29-23-24-13-5-14-25-23)17-28-20-11-9-19(10-12-20)18-6-2-1-3-7-18/h1-3,5-7,9-14,21H,4,8,15-17H2. The molecule has 6 heteroatoms. The monoisotopic (exact) mass is 389 g/mol. The molecule has 1 fully saturated rings. The average Bonchev–Trinajstić information content (AvgIpc) is 2.79. The summed E-state index contributed by atoms with van der Waals surface area (Å²) in [5.41, 5.74) is 2.26. The summed E-state index contributed by atoms with van der Waals surface area (Å²) in [5.74, 6) is 0.639. The molecule has 3 aromatic rings. The molecule has 0 N–H and O–H groups in total. The maximum atomic E-state index is 12.6. The van der Waals surface area contributed by atoms with E-state index >= 15 is 0 Å². The molecule has 1 aliphatic heterocycles. The van der Waals surface area contributed by atoms with Crippen LogP contribution in [0.2, 0.25) is 0 Å². The van der Waals surface area contributed by atoms with Crippen LogP contribution >= 0.6 is 0 Å². The van der Waals surface area contributed by atoms with Crippen LogP contribution in [0.4, 0.5) is 0 Å². The maximum Gasteiger partial charge on any atom is 0.316 e. The van der Waals surface area contributed by atoms with Gasteiger partial charge in [-0.2, -0.15) is 0 Å². The topological polar surface area (TPSA) is 64.5 Å². The third-order valence-electron chi connectivity index (χ3n) is 4.87. The fraction of sp³-hybridized carbons (Fsp3) is 0.261. The predicted octanol–water partition coefficient (Wildman–Crippen LogP) is 3.59. The van der Waals surface area contributed by atoms with E-state index in [9.17, 15) is 4.79 Å². The van der Waals surface area contributed by atoms with Gasteiger partial charge in [-0.05, 0) is 42.2 Å². The molecule has 4 rings (SSSR count). The molecule has 0 spiro atoms. The van der Waals surface area contributed by atoms with Crippen LogP contribution in [0.5, 0.6) is 11.8 Å². The van der Waals surface area contributed by atoms with Gasteiger partial charge in [0.15, 0.2) is 6.61 Å². The molecule has 1 atom stereocenters. The summed E-state index contributed by atoms with van der Waals surface area (Å²) in [6.07, 6.45) is 4.95. The molecule has 1 aromatic heterocycles. The van der Waals surface area contributed by atoms with Gasteiger partial charge in [0.1, 0.15) is 11.9 Å². The summed E-state index contributed by atoms with van der Waals surface area (Å²) in [5, 5.41) is 0. The zero-order chi connectivity index (χ0) is 19.9. The summed E-state index contributed by atoms with van der Waals surface area (Å²) in [4.78, 5) is 22.5. The lowest BCUT2D eigenvalue weighted by Crippen LogP contribution is -2.46. The summed E-state index contributed by atoms with van der Waals surface area (Å²) < 4.78 is 11.5. The predicted molar refractivity (Wildman–Crippen MR) is 110 cm³/mol. The maximum absolute atomic E-state index is 12.6. The highest BCUT2D eigenvalue weighted by Gasteiger charge is 2.25. The fourth-order valence-electron chi connectivity index (χ4n) is 3.37. The minimum atomic E-state index is -0.0970. The Labute approximate surface area is 170 Å². The van der Waals surface area contributed by atoms with Gasteiger partial charge in [0.2, 0.25) is 0 Å². The summed E-state index contributed by atoms with van der Waals surface area (Å²) in [6, 6.07) is 20.0. The van der Waals surface area contributed by atoms with E-state index in [1.807, 2.05) is 42.5 Å². The number of nitrogens with zero attached hydrogens (tertiary/aromatic N) is 3. The van der Waals surface area contributed by atoms with Gasteiger partial charge < -0.3 is 14.4 Å². The van der Waals surface area contributed by atoms with Crippen molar-refractivity contribution in [3.8, 4) is 22.9 Å². The molecule has 1 aliphatic rings. The lowest BCUT2D eigenvalue weighted by Gasteiger charge is -2.32. The first kappa shape index (κ1) is 18.9. The molecule has 6 nitrogen and oxygen atoms in total. The molecule has 29 heavy (non-hydrogen) atoms. The smallest absolute Gasteiger partial charge is 0.316 e. The van der Waals surface area contributed by atoms with Crippen molar-refractivity contribution in [3.63, 3.8) is 0 Å². The van der Waals surface area contributed by atoms with E-state index in [-0.39, 0.29) is 18.6 Å². The Kier molecular flexibility index (Phi) is 6.00. The van der Waals surface area contributed by atoms with Crippen LogP contribution in [0.25, 0.3) is 11.1 Å². The van der Waals surface area contributed by atoms with Crippen molar-refractivity contribution in [3.05, 3.63) is 73.1 Å². The molecule has 0 radical (unpaired) electrons. The summed E-state index contributed by atoms with van der Waals surface area (Å²) in [6.45, 7) is 1.25. The highest BCUT2D eigenvalue weighted by Crippen LogP contribution is 2.22. The molecule has 2 heterocycles. The minimum absolute atomic E-state index is 0.0131. The molecule has 0 aliphatic carbocycles. The van der Waals surface area contributed by atoms with Gasteiger partial charge in [0.25, 0.3) is 5.91 Å². The number of benzene rings is 2. The molecule has 0 bridgehead atoms. The van der Waals surface area contributed by atoms with E-state index in [1.54, 1.807) is 23.4 Å². The molecule has 1 unspecified atom stereocenters. The van der Waals surface area contributed by atoms with E-state index < -0.39 is 0 Å². The van der Waals surface area contributed by atoms with Gasteiger partial charge >= 0.3 is 6.01 Å². The number of piperidine rings is 1. The fourth-order valence-corrected chi connectivity index (χ4v) is 3.37. The van der Waals surface area contributed by atoms with Gasteiger partial charge in [0.05, 0.1) is 6.54 Å². The summed E-state index contributed by atoms with van der Waals surface area (Å²) in [7, 11) is 0. The average molecular weight is 389 g/mol. The van der Waals surface area contributed by atoms with E-state index in [4.69, 9.17) is 9.47 Å². The molecule has 1 amide bonds. The van der Waals surface area contributed by atoms with Crippen LogP contribution in [0.3, 0.4) is 0 Å². The number of rotatable bonds is 6. The number of amides is 1. The normalized spacial score (nSPS) is 16.3. The molecule has 148 valence electrons. The second-order valence-corrected chi connectivity index (χ2v) is 6.93. The zero-order valence-electron chi connectivity index (χ0n) is 16.1. The molecular weight excluding hydrogens is 366 g/mol. The van der Waals surface area contributed by atoms with Crippen LogP contribution in [-0.4, -0.2) is 46.6 Å². The Bertz CT molecular complexity index is 917. The van der Waals surface area contributed by atoms with Gasteiger partial charge in [0, 0.05) is 18.9 Å². The first-order valence-corrected chi connectivity index (χ1v) is 9.78. The number of hydrogen-bond donors (Lipinski definition) is 0. The summed E-state index contributed by atoms with van der Waals surface area (Å²) >= 11 is 0. The largest absolute Gasteiger partial charge is 0.484 e. The first-order valence-electron chi connectivity index (χ1n) is 9.78. The van der Waals surface area contributed by atoms with Crippen molar-refractivity contribution in [1.82, 2.24) is 14.9 Å². The van der Waals surface area contributed by atoms with Gasteiger partial charge in [-0.25, -0.2) is 9.97 Å². The second kappa shape index (κ2) is 9.19. The van der Waals surface area contributed by atoms with Crippen LogP contribution in [0.15, 0.2) is 73.1 Å². The molecule has 2 aromatic carbocycles. The van der Waals surface area contributed by atoms with Crippen molar-refractivity contribution in [2.24, 2.45) is 0 Å². The van der Waals surface area contributed by atoms with Crippen LogP contribution < -0.4 is 9.47 Å². The Hall–Kier alpha value is -3.41. The lowest BCUT2D eigenvalue weighted by atomic mass is 10.1. The molecular formula is C23H23N3O3. The van der Waals surface area contributed by atoms with E-state index in [1.165, 1.54) is 0 Å². The Balaban J connectivity index is 1.29. The lowest BCUT2D eigenvalue weighted by molar-refractivity contribution is -0.136. The minimum Gasteiger partial charge on any atom is -0.484 e. The van der Waals surface area contributed by atoms with Gasteiger partial charge in [-0.1, -0.05) is 42.5 Å². The van der Waals surface area contributed by atoms with Crippen molar-refractivity contribution in [2.75, 3.05) is 19.7 Å². The number of carbonyl (C=O) groups is 1. The quantitative estimate of drug-likeness (QED) is 0.645. The van der Waals surface area contributed by atoms with Gasteiger partial charge in [-0.15, -0.1) is 0 Å². The number of hydrogen-bond acceptors (Lipinski definition) is 5. The Morgan fingerprint density at radius 2 is 1.69 bits per heavy atom. The number of carbonyl (C=O) groups excluding carboxylic acids is 1. The second-order valence-electron chi connectivity index (χ2n) is 6.93. The van der Waals surface area contributed by atoms with Crippen LogP contribution in [0, 0.1) is 0 Å². The number of ether oxygens (including phenoxy) is 2. The van der Waals surface area contributed by atoms with Gasteiger partial charge in [-0.3, -0.25) is 4.79 Å².